The molecule has 1 fully saturated rings. The van der Waals surface area contributed by atoms with Gasteiger partial charge in [-0.05, 0) is 81.5 Å². The normalized spacial score (nSPS) is 23.9. The summed E-state index contributed by atoms with van der Waals surface area (Å²) in [5.41, 5.74) is 2.27. The SMILES string of the molecule is N#Cc1ccc(OC2CCC(CCC3CCc4ncccc4C3=O)CC2)cc1Cl. The molecule has 1 atom stereocenters. The van der Waals surface area contributed by atoms with Gasteiger partial charge in [-0.25, -0.2) is 0 Å². The third-order valence-electron chi connectivity index (χ3n) is 6.34. The number of Topliss-reactive ketones (excluding diaryl/α,β-unsaturated/α-hetero) is 1. The van der Waals surface area contributed by atoms with Gasteiger partial charge in [-0.2, -0.15) is 5.26 Å². The molecule has 1 aromatic carbocycles. The highest BCUT2D eigenvalue weighted by Crippen LogP contribution is 2.34. The van der Waals surface area contributed by atoms with E-state index < -0.39 is 0 Å². The van der Waals surface area contributed by atoms with Gasteiger partial charge in [-0.3, -0.25) is 9.78 Å². The van der Waals surface area contributed by atoms with Crippen molar-refractivity contribution >= 4 is 17.4 Å². The van der Waals surface area contributed by atoms with Crippen molar-refractivity contribution in [1.82, 2.24) is 4.98 Å². The minimum absolute atomic E-state index is 0.154. The molecule has 5 heteroatoms. The van der Waals surface area contributed by atoms with Crippen LogP contribution in [0.4, 0.5) is 0 Å². The first-order valence-corrected chi connectivity index (χ1v) is 10.9. The van der Waals surface area contributed by atoms with Crippen LogP contribution >= 0.6 is 11.6 Å². The lowest BCUT2D eigenvalue weighted by atomic mass is 9.78. The van der Waals surface area contributed by atoms with E-state index in [9.17, 15) is 4.79 Å². The number of carbonyl (C=O) groups excluding carboxylic acids is 1. The Morgan fingerprint density at radius 2 is 1.97 bits per heavy atom. The molecule has 2 aliphatic carbocycles. The summed E-state index contributed by atoms with van der Waals surface area (Å²) < 4.78 is 6.08. The summed E-state index contributed by atoms with van der Waals surface area (Å²) in [4.78, 5) is 17.1. The van der Waals surface area contributed by atoms with Crippen molar-refractivity contribution in [2.24, 2.45) is 11.8 Å². The number of hydrogen-bond acceptors (Lipinski definition) is 4. The summed E-state index contributed by atoms with van der Waals surface area (Å²) in [5.74, 6) is 1.84. The van der Waals surface area contributed by atoms with Crippen molar-refractivity contribution in [3.05, 3.63) is 58.4 Å². The fourth-order valence-corrected chi connectivity index (χ4v) is 4.84. The van der Waals surface area contributed by atoms with E-state index in [1.165, 1.54) is 0 Å². The predicted molar refractivity (Wildman–Crippen MR) is 112 cm³/mol. The van der Waals surface area contributed by atoms with Crippen molar-refractivity contribution in [2.45, 2.75) is 57.5 Å². The monoisotopic (exact) mass is 408 g/mol. The molecule has 1 unspecified atom stereocenters. The van der Waals surface area contributed by atoms with Crippen molar-refractivity contribution < 1.29 is 9.53 Å². The van der Waals surface area contributed by atoms with Crippen molar-refractivity contribution in [2.75, 3.05) is 0 Å². The number of pyridine rings is 1. The van der Waals surface area contributed by atoms with Gasteiger partial charge in [0.2, 0.25) is 0 Å². The zero-order chi connectivity index (χ0) is 20.2. The number of ketones is 1. The smallest absolute Gasteiger partial charge is 0.167 e. The van der Waals surface area contributed by atoms with Crippen LogP contribution < -0.4 is 4.74 Å². The number of rotatable bonds is 5. The standard InChI is InChI=1S/C24H25ClN2O2/c25-22-14-20(11-7-18(22)15-26)29-19-9-4-16(5-10-19)3-6-17-8-12-23-21(24(17)28)2-1-13-27-23/h1-2,7,11,13-14,16-17,19H,3-6,8-10,12H2. The Morgan fingerprint density at radius 3 is 2.72 bits per heavy atom. The predicted octanol–water partition coefficient (Wildman–Crippen LogP) is 5.77. The molecular weight excluding hydrogens is 384 g/mol. The first kappa shape index (κ1) is 19.9. The Balaban J connectivity index is 1.24. The van der Waals surface area contributed by atoms with Gasteiger partial charge in [0.15, 0.2) is 5.78 Å². The maximum Gasteiger partial charge on any atom is 0.167 e. The summed E-state index contributed by atoms with van der Waals surface area (Å²) >= 11 is 6.09. The third kappa shape index (κ3) is 4.62. The van der Waals surface area contributed by atoms with Gasteiger partial charge < -0.3 is 4.74 Å². The number of nitrogens with zero attached hydrogens (tertiary/aromatic N) is 2. The lowest BCUT2D eigenvalue weighted by Gasteiger charge is -2.30. The summed E-state index contributed by atoms with van der Waals surface area (Å²) in [5, 5.41) is 9.41. The van der Waals surface area contributed by atoms with E-state index in [1.807, 2.05) is 18.2 Å². The number of fused-ring (bicyclic) bond motifs is 1. The number of hydrogen-bond donors (Lipinski definition) is 0. The van der Waals surface area contributed by atoms with Gasteiger partial charge in [0, 0.05) is 23.7 Å². The van der Waals surface area contributed by atoms with Gasteiger partial charge >= 0.3 is 0 Å². The Morgan fingerprint density at radius 1 is 1.14 bits per heavy atom. The maximum atomic E-state index is 12.7. The molecule has 2 aromatic rings. The average Bonchev–Trinajstić information content (AvgIpc) is 2.75. The van der Waals surface area contributed by atoms with Crippen LogP contribution in [0, 0.1) is 23.2 Å². The average molecular weight is 409 g/mol. The molecule has 29 heavy (non-hydrogen) atoms. The highest BCUT2D eigenvalue weighted by molar-refractivity contribution is 6.31. The number of ether oxygens (including phenoxy) is 1. The molecule has 0 N–H and O–H groups in total. The van der Waals surface area contributed by atoms with Gasteiger partial charge in [0.05, 0.1) is 22.4 Å². The molecule has 150 valence electrons. The van der Waals surface area contributed by atoms with Gasteiger partial charge in [0.1, 0.15) is 11.8 Å². The van der Waals surface area contributed by atoms with E-state index in [1.54, 1.807) is 18.3 Å². The Kier molecular flexibility index (Phi) is 6.16. The second kappa shape index (κ2) is 8.97. The number of aromatic nitrogens is 1. The number of benzene rings is 1. The van der Waals surface area contributed by atoms with E-state index in [0.717, 1.165) is 68.4 Å². The zero-order valence-electron chi connectivity index (χ0n) is 16.4. The molecule has 2 aliphatic rings. The lowest BCUT2D eigenvalue weighted by molar-refractivity contribution is 0.0874. The molecule has 0 aliphatic heterocycles. The van der Waals surface area contributed by atoms with Crippen molar-refractivity contribution in [3.63, 3.8) is 0 Å². The van der Waals surface area contributed by atoms with Crippen LogP contribution in [0.1, 0.15) is 66.6 Å². The summed E-state index contributed by atoms with van der Waals surface area (Å²) in [6.45, 7) is 0. The van der Waals surface area contributed by atoms with Crippen LogP contribution in [0.2, 0.25) is 5.02 Å². The molecule has 4 rings (SSSR count). The highest BCUT2D eigenvalue weighted by atomic mass is 35.5. The van der Waals surface area contributed by atoms with E-state index in [0.29, 0.717) is 16.5 Å². The molecule has 0 radical (unpaired) electrons. The minimum atomic E-state index is 0.154. The van der Waals surface area contributed by atoms with Gasteiger partial charge in [-0.15, -0.1) is 0 Å². The van der Waals surface area contributed by atoms with Crippen molar-refractivity contribution in [3.8, 4) is 11.8 Å². The Hall–Kier alpha value is -2.38. The Bertz CT molecular complexity index is 929. The minimum Gasteiger partial charge on any atom is -0.490 e. The molecule has 0 amide bonds. The zero-order valence-corrected chi connectivity index (χ0v) is 17.2. The van der Waals surface area contributed by atoms with Crippen LogP contribution in [0.15, 0.2) is 36.5 Å². The fraction of sp³-hybridized carbons (Fsp3) is 0.458. The van der Waals surface area contributed by atoms with Crippen LogP contribution in [-0.4, -0.2) is 16.9 Å². The van der Waals surface area contributed by atoms with E-state index in [4.69, 9.17) is 21.6 Å². The second-order valence-corrected chi connectivity index (χ2v) is 8.60. The largest absolute Gasteiger partial charge is 0.490 e. The van der Waals surface area contributed by atoms with Crippen LogP contribution in [0.25, 0.3) is 0 Å². The number of halogens is 1. The molecule has 1 heterocycles. The summed E-state index contributed by atoms with van der Waals surface area (Å²) in [6, 6.07) is 11.1. The summed E-state index contributed by atoms with van der Waals surface area (Å²) in [6.07, 6.45) is 10.2. The third-order valence-corrected chi connectivity index (χ3v) is 6.65. The van der Waals surface area contributed by atoms with Crippen LogP contribution in [0.3, 0.4) is 0 Å². The molecular formula is C24H25ClN2O2. The highest BCUT2D eigenvalue weighted by Gasteiger charge is 2.29. The molecule has 1 aromatic heterocycles. The number of aryl methyl sites for hydroxylation is 1. The Labute approximate surface area is 176 Å². The van der Waals surface area contributed by atoms with Crippen LogP contribution in [0.5, 0.6) is 5.75 Å². The van der Waals surface area contributed by atoms with E-state index in [2.05, 4.69) is 11.1 Å². The molecule has 0 saturated heterocycles. The quantitative estimate of drug-likeness (QED) is 0.629. The first-order chi connectivity index (χ1) is 14.1. The van der Waals surface area contributed by atoms with E-state index >= 15 is 0 Å². The summed E-state index contributed by atoms with van der Waals surface area (Å²) in [7, 11) is 0. The van der Waals surface area contributed by atoms with E-state index in [-0.39, 0.29) is 17.8 Å². The molecule has 4 nitrogen and oxygen atoms in total. The number of nitriles is 1. The lowest BCUT2D eigenvalue weighted by Crippen LogP contribution is -2.26. The van der Waals surface area contributed by atoms with Crippen molar-refractivity contribution in [1.29, 1.82) is 5.26 Å². The number of carbonyl (C=O) groups is 1. The van der Waals surface area contributed by atoms with Crippen LogP contribution in [-0.2, 0) is 6.42 Å². The van der Waals surface area contributed by atoms with Gasteiger partial charge in [-0.1, -0.05) is 11.6 Å². The molecule has 1 saturated carbocycles. The first-order valence-electron chi connectivity index (χ1n) is 10.5. The van der Waals surface area contributed by atoms with Gasteiger partial charge in [0.25, 0.3) is 0 Å². The fourth-order valence-electron chi connectivity index (χ4n) is 4.63. The second-order valence-electron chi connectivity index (χ2n) is 8.19. The molecule has 0 bridgehead atoms. The maximum absolute atomic E-state index is 12.7. The molecule has 0 spiro atoms. The topological polar surface area (TPSA) is 63.0 Å².